The highest BCUT2D eigenvalue weighted by molar-refractivity contribution is 5.81. The number of hydrogen-bond donors (Lipinski definition) is 2. The number of benzene rings is 1. The summed E-state index contributed by atoms with van der Waals surface area (Å²) in [5, 5.41) is 19.2. The lowest BCUT2D eigenvalue weighted by molar-refractivity contribution is -0.991. The third-order valence-electron chi connectivity index (χ3n) is 5.63. The topological polar surface area (TPSA) is 60.1 Å². The maximum Gasteiger partial charge on any atom is 0.164 e. The molecule has 5 rings (SSSR count). The molecule has 112 valence electrons. The van der Waals surface area contributed by atoms with Crippen LogP contribution in [0.2, 0.25) is 0 Å². The van der Waals surface area contributed by atoms with Gasteiger partial charge < -0.3 is 5.21 Å². The van der Waals surface area contributed by atoms with Crippen LogP contribution in [0.1, 0.15) is 44.1 Å². The highest BCUT2D eigenvalue weighted by atomic mass is 16.8. The minimum Gasteiger partial charge on any atom is -0.595 e. The van der Waals surface area contributed by atoms with Gasteiger partial charge >= 0.3 is 0 Å². The zero-order valence-corrected chi connectivity index (χ0v) is 12.2. The first-order valence-electron chi connectivity index (χ1n) is 8.00. The van der Waals surface area contributed by atoms with Gasteiger partial charge in [0.15, 0.2) is 5.69 Å². The summed E-state index contributed by atoms with van der Waals surface area (Å²) in [6, 6.07) is 7.08. The molecular formula is C17H22N2O2. The predicted molar refractivity (Wildman–Crippen MR) is 80.7 cm³/mol. The molecule has 4 nitrogen and oxygen atoms in total. The Morgan fingerprint density at radius 2 is 1.76 bits per heavy atom. The Labute approximate surface area is 125 Å². The predicted octanol–water partition coefficient (Wildman–Crippen LogP) is 2.48. The average molecular weight is 286 g/mol. The normalized spacial score (nSPS) is 39.0. The maximum atomic E-state index is 11.0. The van der Waals surface area contributed by atoms with E-state index in [4.69, 9.17) is 10.2 Å². The molecular weight excluding hydrogens is 264 g/mol. The fourth-order valence-corrected chi connectivity index (χ4v) is 5.19. The molecule has 1 aromatic carbocycles. The molecule has 2 N–H and O–H groups in total. The average Bonchev–Trinajstić information content (AvgIpc) is 2.44. The van der Waals surface area contributed by atoms with Gasteiger partial charge in [-0.05, 0) is 61.8 Å². The van der Waals surface area contributed by atoms with Gasteiger partial charge in [-0.3, -0.25) is 4.99 Å². The van der Waals surface area contributed by atoms with Crippen molar-refractivity contribution in [3.05, 3.63) is 35.0 Å². The van der Waals surface area contributed by atoms with Crippen LogP contribution in [0.25, 0.3) is 0 Å². The van der Waals surface area contributed by atoms with Crippen molar-refractivity contribution in [2.24, 2.45) is 22.7 Å². The second-order valence-electron chi connectivity index (χ2n) is 7.33. The number of aliphatic imine (C=N–C) groups is 1. The maximum absolute atomic E-state index is 11.0. The van der Waals surface area contributed by atoms with Crippen molar-refractivity contribution in [1.82, 2.24) is 0 Å². The third-order valence-corrected chi connectivity index (χ3v) is 5.63. The summed E-state index contributed by atoms with van der Waals surface area (Å²) in [6.07, 6.45) is 9.91. The highest BCUT2D eigenvalue weighted by Crippen LogP contribution is 2.57. The number of nitrogens with one attached hydrogen (secondary N) is 1. The Kier molecular flexibility index (Phi) is 3.14. The van der Waals surface area contributed by atoms with Gasteiger partial charge in [0.05, 0.1) is 5.54 Å². The third kappa shape index (κ3) is 2.52. The molecule has 4 bridgehead atoms. The molecule has 0 radical (unpaired) electrons. The Bertz CT molecular complexity index is 532. The molecule has 0 heterocycles. The van der Waals surface area contributed by atoms with Crippen LogP contribution in [0, 0.1) is 23.0 Å². The SMILES string of the molecule is [O-][NH+](O)c1cccc(C=NC23CC4CC(CC(C4)C2)C3)c1. The molecule has 0 saturated heterocycles. The van der Waals surface area contributed by atoms with Crippen LogP contribution in [-0.4, -0.2) is 17.0 Å². The van der Waals surface area contributed by atoms with Crippen LogP contribution in [-0.2, 0) is 0 Å². The van der Waals surface area contributed by atoms with E-state index in [0.29, 0.717) is 5.69 Å². The van der Waals surface area contributed by atoms with Crippen LogP contribution in [0.3, 0.4) is 0 Å². The van der Waals surface area contributed by atoms with Crippen molar-refractivity contribution in [3.8, 4) is 0 Å². The molecule has 4 fully saturated rings. The molecule has 0 spiro atoms. The number of hydrogen-bond acceptors (Lipinski definition) is 3. The molecule has 0 amide bonds. The van der Waals surface area contributed by atoms with E-state index in [9.17, 15) is 5.21 Å². The van der Waals surface area contributed by atoms with Crippen molar-refractivity contribution in [2.45, 2.75) is 44.1 Å². The molecule has 21 heavy (non-hydrogen) atoms. The van der Waals surface area contributed by atoms with E-state index in [1.807, 2.05) is 12.3 Å². The first kappa shape index (κ1) is 13.4. The standard InChI is InChI=1S/C17H22N2O2/c20-19(21)16-3-1-2-12(7-16)11-18-17-8-13-4-14(9-17)6-15(5-13)10-17/h1-3,7,11,13-15,19-20H,4-6,8-10H2. The van der Waals surface area contributed by atoms with Crippen LogP contribution >= 0.6 is 0 Å². The molecule has 4 saturated carbocycles. The minimum atomic E-state index is -0.875. The van der Waals surface area contributed by atoms with E-state index < -0.39 is 5.23 Å². The van der Waals surface area contributed by atoms with Gasteiger partial charge in [0.1, 0.15) is 0 Å². The van der Waals surface area contributed by atoms with Gasteiger partial charge in [-0.2, -0.15) is 5.23 Å². The zero-order valence-electron chi connectivity index (χ0n) is 12.2. The Morgan fingerprint density at radius 1 is 1.14 bits per heavy atom. The molecule has 1 unspecified atom stereocenters. The Morgan fingerprint density at radius 3 is 2.33 bits per heavy atom. The summed E-state index contributed by atoms with van der Waals surface area (Å²) in [6.45, 7) is 0. The molecule has 4 heteroatoms. The van der Waals surface area contributed by atoms with Gasteiger partial charge in [-0.1, -0.05) is 12.1 Å². The molecule has 1 aromatic rings. The van der Waals surface area contributed by atoms with E-state index in [1.165, 1.54) is 38.5 Å². The molecule has 4 aliphatic carbocycles. The second kappa shape index (κ2) is 4.90. The number of quaternary nitrogens is 1. The number of rotatable bonds is 3. The summed E-state index contributed by atoms with van der Waals surface area (Å²) in [5.41, 5.74) is 1.41. The summed E-state index contributed by atoms with van der Waals surface area (Å²) < 4.78 is 0. The van der Waals surface area contributed by atoms with E-state index in [-0.39, 0.29) is 5.54 Å². The van der Waals surface area contributed by atoms with Crippen LogP contribution in [0.15, 0.2) is 29.3 Å². The first-order chi connectivity index (χ1) is 10.1. The fourth-order valence-electron chi connectivity index (χ4n) is 5.19. The monoisotopic (exact) mass is 286 g/mol. The van der Waals surface area contributed by atoms with Gasteiger partial charge in [0.2, 0.25) is 0 Å². The van der Waals surface area contributed by atoms with Gasteiger partial charge in [-0.15, -0.1) is 0 Å². The van der Waals surface area contributed by atoms with Crippen LogP contribution in [0.4, 0.5) is 5.69 Å². The zero-order chi connectivity index (χ0) is 14.4. The Balaban J connectivity index is 1.56. The lowest BCUT2D eigenvalue weighted by Gasteiger charge is -2.54. The summed E-state index contributed by atoms with van der Waals surface area (Å²) in [7, 11) is 0. The van der Waals surface area contributed by atoms with Gasteiger partial charge in [0, 0.05) is 18.3 Å². The lowest BCUT2D eigenvalue weighted by Crippen LogP contribution is -2.99. The summed E-state index contributed by atoms with van der Waals surface area (Å²) >= 11 is 0. The number of nitrogens with zero attached hydrogens (tertiary/aromatic N) is 1. The van der Waals surface area contributed by atoms with E-state index in [1.54, 1.807) is 18.2 Å². The van der Waals surface area contributed by atoms with Crippen molar-refractivity contribution in [1.29, 1.82) is 0 Å². The van der Waals surface area contributed by atoms with Gasteiger partial charge in [-0.25, -0.2) is 5.21 Å². The Hall–Kier alpha value is -1.23. The first-order valence-corrected chi connectivity index (χ1v) is 8.00. The minimum absolute atomic E-state index is 0.161. The van der Waals surface area contributed by atoms with Crippen LogP contribution < -0.4 is 5.23 Å². The van der Waals surface area contributed by atoms with E-state index >= 15 is 0 Å². The van der Waals surface area contributed by atoms with Crippen molar-refractivity contribution < 1.29 is 10.4 Å². The largest absolute Gasteiger partial charge is 0.595 e. The highest BCUT2D eigenvalue weighted by Gasteiger charge is 2.50. The summed E-state index contributed by atoms with van der Waals surface area (Å²) in [4.78, 5) is 4.97. The lowest BCUT2D eigenvalue weighted by atomic mass is 9.53. The van der Waals surface area contributed by atoms with Crippen molar-refractivity contribution in [3.63, 3.8) is 0 Å². The smallest absolute Gasteiger partial charge is 0.164 e. The molecule has 0 aliphatic heterocycles. The second-order valence-corrected chi connectivity index (χ2v) is 7.33. The fraction of sp³-hybridized carbons (Fsp3) is 0.588. The quantitative estimate of drug-likeness (QED) is 0.662. The summed E-state index contributed by atoms with van der Waals surface area (Å²) in [5.74, 6) is 2.66. The van der Waals surface area contributed by atoms with Gasteiger partial charge in [0.25, 0.3) is 0 Å². The molecule has 0 aromatic heterocycles. The van der Waals surface area contributed by atoms with Crippen molar-refractivity contribution in [2.75, 3.05) is 0 Å². The molecule has 4 aliphatic rings. The van der Waals surface area contributed by atoms with Crippen LogP contribution in [0.5, 0.6) is 0 Å². The van der Waals surface area contributed by atoms with E-state index in [0.717, 1.165) is 23.3 Å². The molecule has 1 atom stereocenters. The van der Waals surface area contributed by atoms with E-state index in [2.05, 4.69) is 0 Å². The van der Waals surface area contributed by atoms with Crippen molar-refractivity contribution >= 4 is 11.9 Å².